The van der Waals surface area contributed by atoms with Crippen molar-refractivity contribution in [2.24, 2.45) is 11.7 Å². The number of amides is 1. The smallest absolute Gasteiger partial charge is 0.407 e. The maximum absolute atomic E-state index is 11.3. The van der Waals surface area contributed by atoms with E-state index in [0.29, 0.717) is 18.5 Å². The number of hydrogen-bond acceptors (Lipinski definition) is 3. The van der Waals surface area contributed by atoms with Crippen molar-refractivity contribution in [1.29, 1.82) is 0 Å². The first-order valence-corrected chi connectivity index (χ1v) is 6.11. The fourth-order valence-corrected chi connectivity index (χ4v) is 2.10. The Morgan fingerprint density at radius 3 is 2.62 bits per heavy atom. The maximum atomic E-state index is 11.3. The van der Waals surface area contributed by atoms with Crippen molar-refractivity contribution in [3.63, 3.8) is 0 Å². The molecule has 0 bridgehead atoms. The van der Waals surface area contributed by atoms with Crippen LogP contribution in [-0.2, 0) is 4.74 Å². The predicted molar refractivity (Wildman–Crippen MR) is 64.2 cm³/mol. The van der Waals surface area contributed by atoms with Gasteiger partial charge in [-0.15, -0.1) is 0 Å². The average molecular weight is 228 g/mol. The molecule has 1 aliphatic rings. The zero-order valence-electron chi connectivity index (χ0n) is 10.6. The molecule has 1 amide bonds. The van der Waals surface area contributed by atoms with E-state index in [9.17, 15) is 4.79 Å². The monoisotopic (exact) mass is 228 g/mol. The highest BCUT2D eigenvalue weighted by atomic mass is 16.6. The molecule has 94 valence electrons. The third kappa shape index (κ3) is 4.84. The summed E-state index contributed by atoms with van der Waals surface area (Å²) >= 11 is 0. The van der Waals surface area contributed by atoms with Gasteiger partial charge in [0.2, 0.25) is 0 Å². The zero-order valence-corrected chi connectivity index (χ0v) is 10.6. The standard InChI is InChI=1S/C12H24N2O2/c1-12(2,3)16-11(15)14-8-7-9-5-4-6-10(9)13/h9-10H,4-8,13H2,1-3H3,(H,14,15). The summed E-state index contributed by atoms with van der Waals surface area (Å²) in [5.41, 5.74) is 5.53. The molecule has 1 rings (SSSR count). The molecule has 4 heteroatoms. The number of hydrogen-bond donors (Lipinski definition) is 2. The average Bonchev–Trinajstić information content (AvgIpc) is 2.48. The van der Waals surface area contributed by atoms with Gasteiger partial charge in [0, 0.05) is 12.6 Å². The van der Waals surface area contributed by atoms with Crippen LogP contribution in [-0.4, -0.2) is 24.3 Å². The number of nitrogens with one attached hydrogen (secondary N) is 1. The predicted octanol–water partition coefficient (Wildman–Crippen LogP) is 2.03. The second kappa shape index (κ2) is 5.53. The van der Waals surface area contributed by atoms with Crippen molar-refractivity contribution >= 4 is 6.09 Å². The van der Waals surface area contributed by atoms with E-state index in [2.05, 4.69) is 5.32 Å². The highest BCUT2D eigenvalue weighted by molar-refractivity contribution is 5.67. The van der Waals surface area contributed by atoms with Crippen LogP contribution < -0.4 is 11.1 Å². The van der Waals surface area contributed by atoms with E-state index in [1.165, 1.54) is 12.8 Å². The van der Waals surface area contributed by atoms with Crippen LogP contribution in [0.25, 0.3) is 0 Å². The van der Waals surface area contributed by atoms with Gasteiger partial charge in [0.15, 0.2) is 0 Å². The lowest BCUT2D eigenvalue weighted by molar-refractivity contribution is 0.0524. The highest BCUT2D eigenvalue weighted by Crippen LogP contribution is 2.26. The first kappa shape index (κ1) is 13.3. The van der Waals surface area contributed by atoms with Crippen molar-refractivity contribution < 1.29 is 9.53 Å². The summed E-state index contributed by atoms with van der Waals surface area (Å²) in [6.07, 6.45) is 4.16. The summed E-state index contributed by atoms with van der Waals surface area (Å²) in [6.45, 7) is 6.24. The van der Waals surface area contributed by atoms with E-state index >= 15 is 0 Å². The molecule has 0 aliphatic heterocycles. The molecule has 4 nitrogen and oxygen atoms in total. The Bertz CT molecular complexity index is 236. The maximum Gasteiger partial charge on any atom is 0.407 e. The second-order valence-corrected chi connectivity index (χ2v) is 5.57. The summed E-state index contributed by atoms with van der Waals surface area (Å²) in [7, 11) is 0. The van der Waals surface area contributed by atoms with Crippen LogP contribution >= 0.6 is 0 Å². The summed E-state index contributed by atoms with van der Waals surface area (Å²) in [5, 5.41) is 2.77. The third-order valence-electron chi connectivity index (χ3n) is 2.90. The van der Waals surface area contributed by atoms with Gasteiger partial charge < -0.3 is 15.8 Å². The lowest BCUT2D eigenvalue weighted by atomic mass is 10.0. The molecule has 0 saturated heterocycles. The van der Waals surface area contributed by atoms with Gasteiger partial charge in [0.1, 0.15) is 5.60 Å². The highest BCUT2D eigenvalue weighted by Gasteiger charge is 2.23. The third-order valence-corrected chi connectivity index (χ3v) is 2.90. The topological polar surface area (TPSA) is 64.3 Å². The first-order valence-electron chi connectivity index (χ1n) is 6.11. The molecule has 0 heterocycles. The summed E-state index contributed by atoms with van der Waals surface area (Å²) in [5.74, 6) is 0.565. The van der Waals surface area contributed by atoms with Crippen molar-refractivity contribution in [3.8, 4) is 0 Å². The fourth-order valence-electron chi connectivity index (χ4n) is 2.10. The summed E-state index contributed by atoms with van der Waals surface area (Å²) in [4.78, 5) is 11.3. The van der Waals surface area contributed by atoms with E-state index in [4.69, 9.17) is 10.5 Å². The quantitative estimate of drug-likeness (QED) is 0.776. The Kier molecular flexibility index (Phi) is 4.59. The molecular formula is C12H24N2O2. The minimum atomic E-state index is -0.423. The first-order chi connectivity index (χ1) is 7.38. The molecule has 0 aromatic heterocycles. The van der Waals surface area contributed by atoms with Crippen molar-refractivity contribution in [3.05, 3.63) is 0 Å². The number of carbonyl (C=O) groups is 1. The van der Waals surface area contributed by atoms with Crippen molar-refractivity contribution in [2.75, 3.05) is 6.54 Å². The minimum absolute atomic E-state index is 0.320. The van der Waals surface area contributed by atoms with Crippen LogP contribution in [0, 0.1) is 5.92 Å². The summed E-state index contributed by atoms with van der Waals surface area (Å²) < 4.78 is 5.15. The number of carbonyl (C=O) groups excluding carboxylic acids is 1. The number of rotatable bonds is 3. The fraction of sp³-hybridized carbons (Fsp3) is 0.917. The van der Waals surface area contributed by atoms with Gasteiger partial charge in [0.25, 0.3) is 0 Å². The van der Waals surface area contributed by atoms with Crippen molar-refractivity contribution in [1.82, 2.24) is 5.32 Å². The van der Waals surface area contributed by atoms with Crippen LogP contribution in [0.5, 0.6) is 0 Å². The minimum Gasteiger partial charge on any atom is -0.444 e. The lowest BCUT2D eigenvalue weighted by Gasteiger charge is -2.20. The van der Waals surface area contributed by atoms with Crippen LogP contribution in [0.4, 0.5) is 4.79 Å². The van der Waals surface area contributed by atoms with E-state index < -0.39 is 5.60 Å². The summed E-state index contributed by atoms with van der Waals surface area (Å²) in [6, 6.07) is 0.320. The molecule has 3 N–H and O–H groups in total. The SMILES string of the molecule is CC(C)(C)OC(=O)NCCC1CCCC1N. The van der Waals surface area contributed by atoms with Crippen LogP contribution in [0.3, 0.4) is 0 Å². The number of nitrogens with two attached hydrogens (primary N) is 1. The van der Waals surface area contributed by atoms with Crippen molar-refractivity contribution in [2.45, 2.75) is 58.1 Å². The molecule has 2 unspecified atom stereocenters. The van der Waals surface area contributed by atoms with Gasteiger partial charge >= 0.3 is 6.09 Å². The van der Waals surface area contributed by atoms with Crippen LogP contribution in [0.15, 0.2) is 0 Å². The van der Waals surface area contributed by atoms with E-state index in [0.717, 1.165) is 12.8 Å². The Labute approximate surface area is 97.9 Å². The van der Waals surface area contributed by atoms with Gasteiger partial charge in [-0.3, -0.25) is 0 Å². The number of ether oxygens (including phenoxy) is 1. The van der Waals surface area contributed by atoms with Gasteiger partial charge in [-0.2, -0.15) is 0 Å². The molecule has 1 fully saturated rings. The molecule has 0 aromatic rings. The zero-order chi connectivity index (χ0) is 12.2. The number of alkyl carbamates (subject to hydrolysis) is 1. The second-order valence-electron chi connectivity index (χ2n) is 5.57. The Morgan fingerprint density at radius 1 is 1.44 bits per heavy atom. The van der Waals surface area contributed by atoms with Crippen LogP contribution in [0.2, 0.25) is 0 Å². The Balaban J connectivity index is 2.13. The molecule has 0 spiro atoms. The molecule has 1 saturated carbocycles. The Morgan fingerprint density at radius 2 is 2.12 bits per heavy atom. The molecule has 0 aromatic carbocycles. The van der Waals surface area contributed by atoms with E-state index in [1.807, 2.05) is 20.8 Å². The van der Waals surface area contributed by atoms with Gasteiger partial charge in [-0.25, -0.2) is 4.79 Å². The molecular weight excluding hydrogens is 204 g/mol. The van der Waals surface area contributed by atoms with Gasteiger partial charge in [0.05, 0.1) is 0 Å². The largest absolute Gasteiger partial charge is 0.444 e. The molecule has 0 radical (unpaired) electrons. The molecule has 16 heavy (non-hydrogen) atoms. The molecule has 2 atom stereocenters. The van der Waals surface area contributed by atoms with E-state index in [1.54, 1.807) is 0 Å². The van der Waals surface area contributed by atoms with Crippen LogP contribution in [0.1, 0.15) is 46.5 Å². The lowest BCUT2D eigenvalue weighted by Crippen LogP contribution is -2.34. The molecule has 1 aliphatic carbocycles. The Hall–Kier alpha value is -0.770. The van der Waals surface area contributed by atoms with E-state index in [-0.39, 0.29) is 6.09 Å². The van der Waals surface area contributed by atoms with Gasteiger partial charge in [-0.05, 0) is 46.0 Å². The normalized spacial score (nSPS) is 25.5. The van der Waals surface area contributed by atoms with Gasteiger partial charge in [-0.1, -0.05) is 6.42 Å².